The number of rotatable bonds is 7. The third-order valence-corrected chi connectivity index (χ3v) is 2.18. The molecule has 0 aromatic heterocycles. The minimum Gasteiger partial charge on any atom is -0.480 e. The Kier molecular flexibility index (Phi) is 6.50. The molecule has 0 spiro atoms. The second kappa shape index (κ2) is 7.07. The van der Waals surface area contributed by atoms with Gasteiger partial charge in [-0.2, -0.15) is 12.6 Å². The second-order valence-electron chi connectivity index (χ2n) is 3.12. The molecule has 2 atom stereocenters. The van der Waals surface area contributed by atoms with Gasteiger partial charge in [0, 0.05) is 12.2 Å². The van der Waals surface area contributed by atoms with Crippen LogP contribution in [-0.2, 0) is 14.4 Å². The number of nitrogens with two attached hydrogens (primary N) is 1. The number of amides is 1. The van der Waals surface area contributed by atoms with Crippen molar-refractivity contribution in [3.8, 4) is 0 Å². The Morgan fingerprint density at radius 1 is 1.25 bits per heavy atom. The minimum atomic E-state index is -1.20. The zero-order valence-electron chi connectivity index (χ0n) is 8.42. The fourth-order valence-electron chi connectivity index (χ4n) is 0.862. The van der Waals surface area contributed by atoms with E-state index < -0.39 is 29.9 Å². The summed E-state index contributed by atoms with van der Waals surface area (Å²) < 4.78 is 0. The molecular weight excluding hydrogens is 236 g/mol. The highest BCUT2D eigenvalue weighted by Gasteiger charge is 2.19. The highest BCUT2D eigenvalue weighted by atomic mass is 32.1. The first-order valence-electron chi connectivity index (χ1n) is 4.50. The topological polar surface area (TPSA) is 130 Å². The molecule has 7 nitrogen and oxygen atoms in total. The standard InChI is InChI=1S/C8H14N2O5S/c9-4(7(12)13)1-2-6(11)10-5(3-16)8(14)15/h4-5,16H,1-3,9H2,(H,10,11)(H,12,13)(H,14,15)/t4-,5+/m1/s1. The van der Waals surface area contributed by atoms with Crippen molar-refractivity contribution in [2.75, 3.05) is 5.75 Å². The normalized spacial score (nSPS) is 13.9. The van der Waals surface area contributed by atoms with Crippen LogP contribution in [0, 0.1) is 0 Å². The summed E-state index contributed by atoms with van der Waals surface area (Å²) in [4.78, 5) is 32.1. The van der Waals surface area contributed by atoms with Crippen molar-refractivity contribution < 1.29 is 24.6 Å². The Morgan fingerprint density at radius 3 is 2.19 bits per heavy atom. The van der Waals surface area contributed by atoms with Crippen molar-refractivity contribution in [3.63, 3.8) is 0 Å². The van der Waals surface area contributed by atoms with Crippen molar-refractivity contribution >= 4 is 30.5 Å². The maximum atomic E-state index is 11.2. The summed E-state index contributed by atoms with van der Waals surface area (Å²) in [6.45, 7) is 0. The molecule has 0 aromatic rings. The zero-order valence-corrected chi connectivity index (χ0v) is 9.31. The second-order valence-corrected chi connectivity index (χ2v) is 3.49. The Bertz CT molecular complexity index is 284. The molecule has 5 N–H and O–H groups in total. The zero-order chi connectivity index (χ0) is 12.7. The largest absolute Gasteiger partial charge is 0.480 e. The lowest BCUT2D eigenvalue weighted by atomic mass is 10.1. The number of carboxylic acids is 2. The van der Waals surface area contributed by atoms with E-state index in [1.807, 2.05) is 0 Å². The first-order valence-corrected chi connectivity index (χ1v) is 5.13. The molecule has 0 unspecified atom stereocenters. The molecule has 0 aromatic carbocycles. The van der Waals surface area contributed by atoms with Crippen LogP contribution in [0.4, 0.5) is 0 Å². The van der Waals surface area contributed by atoms with Crippen LogP contribution in [0.25, 0.3) is 0 Å². The number of thiol groups is 1. The average Bonchev–Trinajstić information content (AvgIpc) is 2.21. The van der Waals surface area contributed by atoms with Crippen LogP contribution in [0.1, 0.15) is 12.8 Å². The molecule has 1 amide bonds. The van der Waals surface area contributed by atoms with Crippen molar-refractivity contribution in [2.45, 2.75) is 24.9 Å². The lowest BCUT2D eigenvalue weighted by Gasteiger charge is -2.12. The van der Waals surface area contributed by atoms with Gasteiger partial charge in [0.15, 0.2) is 0 Å². The van der Waals surface area contributed by atoms with Gasteiger partial charge in [-0.1, -0.05) is 0 Å². The molecular formula is C8H14N2O5S. The molecule has 0 aliphatic rings. The molecule has 8 heteroatoms. The summed E-state index contributed by atoms with van der Waals surface area (Å²) in [5.41, 5.74) is 5.18. The quantitative estimate of drug-likeness (QED) is 0.356. The number of nitrogens with one attached hydrogen (secondary N) is 1. The van der Waals surface area contributed by atoms with Gasteiger partial charge in [-0.15, -0.1) is 0 Å². The number of aliphatic carboxylic acids is 2. The van der Waals surface area contributed by atoms with Gasteiger partial charge < -0.3 is 21.3 Å². The maximum absolute atomic E-state index is 11.2. The highest BCUT2D eigenvalue weighted by molar-refractivity contribution is 7.80. The van der Waals surface area contributed by atoms with E-state index in [0.717, 1.165) is 0 Å². The first kappa shape index (κ1) is 14.7. The van der Waals surface area contributed by atoms with Gasteiger partial charge in [0.25, 0.3) is 0 Å². The molecule has 0 heterocycles. The molecule has 0 bridgehead atoms. The van der Waals surface area contributed by atoms with Gasteiger partial charge in [0.2, 0.25) is 5.91 Å². The Morgan fingerprint density at radius 2 is 1.81 bits per heavy atom. The van der Waals surface area contributed by atoms with E-state index in [0.29, 0.717) is 0 Å². The summed E-state index contributed by atoms with van der Waals surface area (Å²) in [6.07, 6.45) is -0.175. The number of carbonyl (C=O) groups excluding carboxylic acids is 1. The smallest absolute Gasteiger partial charge is 0.327 e. The van der Waals surface area contributed by atoms with Gasteiger partial charge >= 0.3 is 11.9 Å². The third kappa shape index (κ3) is 5.56. The van der Waals surface area contributed by atoms with Crippen LogP contribution >= 0.6 is 12.6 Å². The number of hydrogen-bond donors (Lipinski definition) is 5. The first-order chi connectivity index (χ1) is 7.38. The van der Waals surface area contributed by atoms with Crippen LogP contribution in [0.5, 0.6) is 0 Å². The SMILES string of the molecule is N[C@H](CCC(=O)N[C@@H](CS)C(=O)O)C(=O)O. The van der Waals surface area contributed by atoms with Crippen molar-refractivity contribution in [1.29, 1.82) is 0 Å². The number of hydrogen-bond acceptors (Lipinski definition) is 5. The summed E-state index contributed by atoms with van der Waals surface area (Å²) in [5.74, 6) is -2.98. The van der Waals surface area contributed by atoms with Gasteiger partial charge in [-0.3, -0.25) is 9.59 Å². The molecule has 0 rings (SSSR count). The van der Waals surface area contributed by atoms with E-state index in [2.05, 4.69) is 17.9 Å². The van der Waals surface area contributed by atoms with E-state index in [4.69, 9.17) is 15.9 Å². The van der Waals surface area contributed by atoms with Crippen LogP contribution in [0.3, 0.4) is 0 Å². The highest BCUT2D eigenvalue weighted by Crippen LogP contribution is 1.97. The molecule has 0 saturated heterocycles. The van der Waals surface area contributed by atoms with Crippen LogP contribution in [0.15, 0.2) is 0 Å². The monoisotopic (exact) mass is 250 g/mol. The van der Waals surface area contributed by atoms with Gasteiger partial charge in [0.05, 0.1) is 0 Å². The fraction of sp³-hybridized carbons (Fsp3) is 0.625. The van der Waals surface area contributed by atoms with E-state index in [1.54, 1.807) is 0 Å². The number of carboxylic acid groups (broad SMARTS) is 2. The summed E-state index contributed by atoms with van der Waals surface area (Å²) >= 11 is 3.76. The molecule has 0 aliphatic heterocycles. The molecule has 92 valence electrons. The predicted molar refractivity (Wildman–Crippen MR) is 58.3 cm³/mol. The van der Waals surface area contributed by atoms with E-state index in [1.165, 1.54) is 0 Å². The fourth-order valence-corrected chi connectivity index (χ4v) is 1.11. The van der Waals surface area contributed by atoms with Crippen molar-refractivity contribution in [2.24, 2.45) is 5.73 Å². The lowest BCUT2D eigenvalue weighted by Crippen LogP contribution is -2.42. The minimum absolute atomic E-state index is 0.0357. The van der Waals surface area contributed by atoms with Crippen LogP contribution in [-0.4, -0.2) is 45.9 Å². The van der Waals surface area contributed by atoms with Crippen molar-refractivity contribution in [1.82, 2.24) is 5.32 Å². The third-order valence-electron chi connectivity index (χ3n) is 1.82. The summed E-state index contributed by atoms with van der Waals surface area (Å²) in [5, 5.41) is 19.3. The molecule has 16 heavy (non-hydrogen) atoms. The summed E-state index contributed by atoms with van der Waals surface area (Å²) in [7, 11) is 0. The van der Waals surface area contributed by atoms with Crippen LogP contribution < -0.4 is 11.1 Å². The van der Waals surface area contributed by atoms with Gasteiger partial charge in [-0.05, 0) is 6.42 Å². The van der Waals surface area contributed by atoms with E-state index >= 15 is 0 Å². The predicted octanol–water partition coefficient (Wildman–Crippen LogP) is -1.32. The lowest BCUT2D eigenvalue weighted by molar-refractivity contribution is -0.141. The molecule has 0 fully saturated rings. The molecule has 0 radical (unpaired) electrons. The van der Waals surface area contributed by atoms with E-state index in [-0.39, 0.29) is 18.6 Å². The summed E-state index contributed by atoms with van der Waals surface area (Å²) in [6, 6.07) is -2.19. The van der Waals surface area contributed by atoms with Crippen molar-refractivity contribution in [3.05, 3.63) is 0 Å². The molecule has 0 saturated carbocycles. The molecule has 0 aliphatic carbocycles. The van der Waals surface area contributed by atoms with Gasteiger partial charge in [0.1, 0.15) is 12.1 Å². The van der Waals surface area contributed by atoms with Crippen LogP contribution in [0.2, 0.25) is 0 Å². The average molecular weight is 250 g/mol. The maximum Gasteiger partial charge on any atom is 0.327 e. The number of carbonyl (C=O) groups is 3. The Balaban J connectivity index is 3.99. The van der Waals surface area contributed by atoms with Gasteiger partial charge in [-0.25, -0.2) is 4.79 Å². The van der Waals surface area contributed by atoms with E-state index in [9.17, 15) is 14.4 Å². The Hall–Kier alpha value is -1.28. The Labute approximate surface area is 97.4 Å².